The summed E-state index contributed by atoms with van der Waals surface area (Å²) in [4.78, 5) is 27.7. The molecule has 1 N–H and O–H groups in total. The van der Waals surface area contributed by atoms with Crippen molar-refractivity contribution in [2.24, 2.45) is 14.1 Å². The molecule has 0 fully saturated rings. The summed E-state index contributed by atoms with van der Waals surface area (Å²) < 4.78 is 3.84. The number of fused-ring (bicyclic) bond motifs is 1. The molecule has 1 unspecified atom stereocenters. The molecule has 4 rings (SSSR count). The summed E-state index contributed by atoms with van der Waals surface area (Å²) in [6.45, 7) is 0.483. The molecule has 0 saturated carbocycles. The van der Waals surface area contributed by atoms with Gasteiger partial charge in [0.05, 0.1) is 0 Å². The minimum Gasteiger partial charge on any atom is -0.351 e. The van der Waals surface area contributed by atoms with Crippen LogP contribution in [0.15, 0.2) is 79.1 Å². The van der Waals surface area contributed by atoms with Crippen molar-refractivity contribution in [2.75, 3.05) is 13.6 Å². The van der Waals surface area contributed by atoms with E-state index in [0.717, 1.165) is 22.9 Å². The normalized spacial score (nSPS) is 12.0. The van der Waals surface area contributed by atoms with Crippen molar-refractivity contribution in [3.8, 4) is 0 Å². The maximum Gasteiger partial charge on any atom is 0.267 e. The zero-order chi connectivity index (χ0) is 23.4. The van der Waals surface area contributed by atoms with E-state index in [4.69, 9.17) is 0 Å². The molecule has 0 aliphatic heterocycles. The number of amides is 2. The number of nitrogens with zero attached hydrogens (tertiary/aromatic N) is 3. The van der Waals surface area contributed by atoms with Gasteiger partial charge in [-0.1, -0.05) is 30.3 Å². The first-order valence-electron chi connectivity index (χ1n) is 11.2. The molecular weight excluding hydrogens is 412 g/mol. The Labute approximate surface area is 194 Å². The fourth-order valence-corrected chi connectivity index (χ4v) is 4.24. The van der Waals surface area contributed by atoms with Crippen LogP contribution >= 0.6 is 0 Å². The van der Waals surface area contributed by atoms with Crippen LogP contribution in [-0.2, 0) is 20.5 Å². The number of nitrogens with one attached hydrogen (secondary N) is 1. The number of aryl methyl sites for hydroxylation is 2. The predicted molar refractivity (Wildman–Crippen MR) is 131 cm³/mol. The Hall–Kier alpha value is -3.80. The largest absolute Gasteiger partial charge is 0.351 e. The lowest BCUT2D eigenvalue weighted by atomic mass is 10.0. The molecule has 2 amide bonds. The highest BCUT2D eigenvalue weighted by Gasteiger charge is 2.22. The van der Waals surface area contributed by atoms with E-state index >= 15 is 0 Å². The van der Waals surface area contributed by atoms with Gasteiger partial charge in [-0.05, 0) is 54.8 Å². The number of hydrogen-bond acceptors (Lipinski definition) is 2. The predicted octanol–water partition coefficient (Wildman–Crippen LogP) is 4.02. The second-order valence-electron chi connectivity index (χ2n) is 8.51. The maximum absolute atomic E-state index is 13.4. The Bertz CT molecular complexity index is 1260. The molecule has 0 radical (unpaired) electrons. The lowest BCUT2D eigenvalue weighted by molar-refractivity contribution is 0.0723. The van der Waals surface area contributed by atoms with Crippen LogP contribution in [0.4, 0.5) is 0 Å². The number of rotatable bonds is 8. The Kier molecular flexibility index (Phi) is 6.63. The lowest BCUT2D eigenvalue weighted by Gasteiger charge is -2.29. The summed E-state index contributed by atoms with van der Waals surface area (Å²) in [6, 6.07) is 21.6. The smallest absolute Gasteiger partial charge is 0.267 e. The molecule has 6 heteroatoms. The third-order valence-electron chi connectivity index (χ3n) is 6.25. The molecule has 6 nitrogen and oxygen atoms in total. The average Bonchev–Trinajstić information content (AvgIpc) is 3.43. The molecule has 2 aromatic carbocycles. The van der Waals surface area contributed by atoms with Crippen molar-refractivity contribution in [1.29, 1.82) is 0 Å². The standard InChI is InChI=1S/C27H30N4O2/c1-29-16-7-10-25(29)26(32)28-15-13-23(18-20-8-5-4-6-9-20)31(3)27(33)22-11-12-24-21(19-22)14-17-30(24)2/h4-12,14,16-17,19,23H,13,15,18H2,1-3H3,(H,28,32). The molecule has 0 bridgehead atoms. The van der Waals surface area contributed by atoms with Gasteiger partial charge in [0.15, 0.2) is 0 Å². The van der Waals surface area contributed by atoms with Gasteiger partial charge >= 0.3 is 0 Å². The topological polar surface area (TPSA) is 59.3 Å². The van der Waals surface area contributed by atoms with Crippen LogP contribution in [0.3, 0.4) is 0 Å². The van der Waals surface area contributed by atoms with Crippen LogP contribution in [-0.4, -0.2) is 45.5 Å². The molecule has 0 saturated heterocycles. The van der Waals surface area contributed by atoms with Crippen LogP contribution in [0.2, 0.25) is 0 Å². The molecule has 0 spiro atoms. The molecule has 2 aromatic heterocycles. The van der Waals surface area contributed by atoms with Crippen LogP contribution in [0, 0.1) is 0 Å². The van der Waals surface area contributed by atoms with Crippen molar-refractivity contribution in [3.63, 3.8) is 0 Å². The van der Waals surface area contributed by atoms with Crippen molar-refractivity contribution in [3.05, 3.63) is 95.9 Å². The summed E-state index contributed by atoms with van der Waals surface area (Å²) in [6.07, 6.45) is 5.22. The van der Waals surface area contributed by atoms with E-state index in [1.807, 2.05) is 91.5 Å². The highest BCUT2D eigenvalue weighted by atomic mass is 16.2. The van der Waals surface area contributed by atoms with E-state index in [1.54, 1.807) is 10.6 Å². The summed E-state index contributed by atoms with van der Waals surface area (Å²) in [7, 11) is 5.70. The Morgan fingerprint density at radius 1 is 0.939 bits per heavy atom. The van der Waals surface area contributed by atoms with E-state index in [0.29, 0.717) is 24.2 Å². The van der Waals surface area contributed by atoms with Crippen molar-refractivity contribution >= 4 is 22.7 Å². The molecular formula is C27H30N4O2. The molecule has 4 aromatic rings. The number of aromatic nitrogens is 2. The number of likely N-dealkylation sites (N-methyl/N-ethyl adjacent to an activating group) is 1. The van der Waals surface area contributed by atoms with E-state index < -0.39 is 0 Å². The van der Waals surface area contributed by atoms with Crippen molar-refractivity contribution in [1.82, 2.24) is 19.4 Å². The molecule has 1 atom stereocenters. The third kappa shape index (κ3) is 5.00. The third-order valence-corrected chi connectivity index (χ3v) is 6.25. The van der Waals surface area contributed by atoms with Crippen LogP contribution in [0.1, 0.15) is 32.8 Å². The number of benzene rings is 2. The van der Waals surface area contributed by atoms with E-state index in [9.17, 15) is 9.59 Å². The van der Waals surface area contributed by atoms with Crippen LogP contribution in [0.5, 0.6) is 0 Å². The van der Waals surface area contributed by atoms with Crippen molar-refractivity contribution in [2.45, 2.75) is 18.9 Å². The maximum atomic E-state index is 13.4. The fraction of sp³-hybridized carbons (Fsp3) is 0.259. The Balaban J connectivity index is 1.49. The van der Waals surface area contributed by atoms with Gasteiger partial charge in [0.2, 0.25) is 0 Å². The number of carbonyl (C=O) groups excluding carboxylic acids is 2. The first-order valence-corrected chi connectivity index (χ1v) is 11.2. The first-order chi connectivity index (χ1) is 15.9. The lowest BCUT2D eigenvalue weighted by Crippen LogP contribution is -2.41. The van der Waals surface area contributed by atoms with Crippen molar-refractivity contribution < 1.29 is 9.59 Å². The fourth-order valence-electron chi connectivity index (χ4n) is 4.24. The Morgan fingerprint density at radius 3 is 2.45 bits per heavy atom. The minimum absolute atomic E-state index is 0.0181. The van der Waals surface area contributed by atoms with Gasteiger partial charge in [-0.3, -0.25) is 9.59 Å². The first kappa shape index (κ1) is 22.4. The zero-order valence-electron chi connectivity index (χ0n) is 19.4. The summed E-state index contributed by atoms with van der Waals surface area (Å²) in [5.41, 5.74) is 3.55. The molecule has 2 heterocycles. The highest BCUT2D eigenvalue weighted by molar-refractivity contribution is 5.98. The monoisotopic (exact) mass is 442 g/mol. The highest BCUT2D eigenvalue weighted by Crippen LogP contribution is 2.20. The average molecular weight is 443 g/mol. The second kappa shape index (κ2) is 9.77. The van der Waals surface area contributed by atoms with Gasteiger partial charge in [0.25, 0.3) is 11.8 Å². The Morgan fingerprint density at radius 2 is 1.73 bits per heavy atom. The van der Waals surface area contributed by atoms with E-state index in [1.165, 1.54) is 0 Å². The summed E-state index contributed by atoms with van der Waals surface area (Å²) in [5, 5.41) is 4.05. The van der Waals surface area contributed by atoms with E-state index in [2.05, 4.69) is 17.4 Å². The quantitative estimate of drug-likeness (QED) is 0.448. The molecule has 170 valence electrons. The SMILES string of the molecule is CN(C(=O)c1ccc2c(ccn2C)c1)C(CCNC(=O)c1cccn1C)Cc1ccccc1. The molecule has 0 aliphatic rings. The van der Waals surface area contributed by atoms with Gasteiger partial charge in [-0.2, -0.15) is 0 Å². The minimum atomic E-state index is -0.107. The molecule has 0 aliphatic carbocycles. The zero-order valence-corrected chi connectivity index (χ0v) is 19.4. The molecule has 33 heavy (non-hydrogen) atoms. The van der Waals surface area contributed by atoms with Gasteiger partial charge < -0.3 is 19.4 Å². The second-order valence-corrected chi connectivity index (χ2v) is 8.51. The number of carbonyl (C=O) groups is 2. The summed E-state index contributed by atoms with van der Waals surface area (Å²) in [5.74, 6) is -0.125. The van der Waals surface area contributed by atoms with Crippen LogP contribution < -0.4 is 5.32 Å². The van der Waals surface area contributed by atoms with Gasteiger partial charge in [0.1, 0.15) is 5.69 Å². The van der Waals surface area contributed by atoms with Crippen LogP contribution in [0.25, 0.3) is 10.9 Å². The number of hydrogen-bond donors (Lipinski definition) is 1. The van der Waals surface area contributed by atoms with Gasteiger partial charge in [-0.15, -0.1) is 0 Å². The van der Waals surface area contributed by atoms with E-state index in [-0.39, 0.29) is 17.9 Å². The van der Waals surface area contributed by atoms with Gasteiger partial charge in [-0.25, -0.2) is 0 Å². The summed E-state index contributed by atoms with van der Waals surface area (Å²) >= 11 is 0. The van der Waals surface area contributed by atoms with Gasteiger partial charge in [0, 0.05) is 62.6 Å².